The average molecular weight is 153 g/mol. The summed E-state index contributed by atoms with van der Waals surface area (Å²) >= 11 is -1.90. The van der Waals surface area contributed by atoms with E-state index in [0.717, 1.165) is 0 Å². The highest BCUT2D eigenvalue weighted by atomic mass is 32.2. The quantitative estimate of drug-likeness (QED) is 0.423. The minimum Gasteiger partial charge on any atom is -0.380 e. The van der Waals surface area contributed by atoms with Crippen LogP contribution in [0.25, 0.3) is 0 Å². The highest BCUT2D eigenvalue weighted by molar-refractivity contribution is 7.77. The van der Waals surface area contributed by atoms with Gasteiger partial charge >= 0.3 is 0 Å². The van der Waals surface area contributed by atoms with Gasteiger partial charge in [-0.25, -0.2) is 8.93 Å². The zero-order valence-electron chi connectivity index (χ0n) is 5.29. The molecule has 0 saturated carbocycles. The standard InChI is InChI=1S/C4H11NO3S/c1-2-8-4-3-5-9(6)7/h5H,2-4H2,1H3,(H,6,7). The molecule has 5 heteroatoms. The summed E-state index contributed by atoms with van der Waals surface area (Å²) in [5, 5.41) is 0. The van der Waals surface area contributed by atoms with Crippen LogP contribution in [0.3, 0.4) is 0 Å². The second kappa shape index (κ2) is 6.15. The summed E-state index contributed by atoms with van der Waals surface area (Å²) in [5.41, 5.74) is 0. The molecule has 0 aliphatic rings. The molecule has 2 N–H and O–H groups in total. The topological polar surface area (TPSA) is 58.6 Å². The highest BCUT2D eigenvalue weighted by Gasteiger charge is 1.88. The smallest absolute Gasteiger partial charge is 0.231 e. The monoisotopic (exact) mass is 153 g/mol. The Bertz CT molecular complexity index is 87.9. The Hall–Kier alpha value is 0.0300. The molecule has 0 aromatic rings. The molecule has 0 radical (unpaired) electrons. The minimum absolute atomic E-state index is 0.414. The van der Waals surface area contributed by atoms with Crippen molar-refractivity contribution in [2.24, 2.45) is 0 Å². The predicted octanol–water partition coefficient (Wildman–Crippen LogP) is -0.251. The van der Waals surface area contributed by atoms with Crippen LogP contribution >= 0.6 is 0 Å². The molecule has 0 rings (SSSR count). The van der Waals surface area contributed by atoms with Gasteiger partial charge in [0, 0.05) is 13.2 Å². The third-order valence-electron chi connectivity index (χ3n) is 0.676. The van der Waals surface area contributed by atoms with Gasteiger partial charge in [-0.2, -0.15) is 0 Å². The fraction of sp³-hybridized carbons (Fsp3) is 1.00. The Labute approximate surface area is 57.0 Å². The van der Waals surface area contributed by atoms with Gasteiger partial charge in [-0.05, 0) is 6.92 Å². The Balaban J connectivity index is 2.83. The van der Waals surface area contributed by atoms with Gasteiger partial charge in [0.05, 0.1) is 6.61 Å². The Morgan fingerprint density at radius 1 is 1.78 bits per heavy atom. The average Bonchev–Trinajstić information content (AvgIpc) is 1.80. The molecule has 0 aliphatic carbocycles. The maximum Gasteiger partial charge on any atom is 0.231 e. The van der Waals surface area contributed by atoms with Crippen molar-refractivity contribution in [2.75, 3.05) is 19.8 Å². The van der Waals surface area contributed by atoms with E-state index in [1.807, 2.05) is 6.92 Å². The lowest BCUT2D eigenvalue weighted by molar-refractivity contribution is 0.153. The maximum atomic E-state index is 9.91. The van der Waals surface area contributed by atoms with Crippen LogP contribution in [0.1, 0.15) is 6.92 Å². The van der Waals surface area contributed by atoms with Crippen LogP contribution in [-0.4, -0.2) is 28.5 Å². The molecular formula is C4H11NO3S. The van der Waals surface area contributed by atoms with Crippen molar-refractivity contribution < 1.29 is 13.5 Å². The number of hydrogen-bond donors (Lipinski definition) is 2. The molecule has 0 aliphatic heterocycles. The molecule has 0 spiro atoms. The van der Waals surface area contributed by atoms with Crippen molar-refractivity contribution in [1.29, 1.82) is 0 Å². The zero-order valence-corrected chi connectivity index (χ0v) is 6.11. The first-order valence-electron chi connectivity index (χ1n) is 2.69. The molecule has 56 valence electrons. The van der Waals surface area contributed by atoms with Crippen LogP contribution < -0.4 is 4.72 Å². The molecule has 1 unspecified atom stereocenters. The number of nitrogens with one attached hydrogen (secondary N) is 1. The third-order valence-corrected chi connectivity index (χ3v) is 1.13. The van der Waals surface area contributed by atoms with E-state index in [4.69, 9.17) is 9.29 Å². The van der Waals surface area contributed by atoms with Gasteiger partial charge < -0.3 is 4.74 Å². The van der Waals surface area contributed by atoms with E-state index < -0.39 is 11.3 Å². The van der Waals surface area contributed by atoms with E-state index >= 15 is 0 Å². The van der Waals surface area contributed by atoms with Crippen molar-refractivity contribution in [3.05, 3.63) is 0 Å². The largest absolute Gasteiger partial charge is 0.380 e. The minimum atomic E-state index is -1.90. The van der Waals surface area contributed by atoms with Crippen molar-refractivity contribution in [1.82, 2.24) is 4.72 Å². The summed E-state index contributed by atoms with van der Waals surface area (Å²) in [5.74, 6) is 0. The third kappa shape index (κ3) is 8.03. The molecule has 0 fully saturated rings. The first-order chi connectivity index (χ1) is 4.27. The van der Waals surface area contributed by atoms with Gasteiger partial charge in [0.2, 0.25) is 11.3 Å². The molecule has 0 heterocycles. The molecule has 9 heavy (non-hydrogen) atoms. The van der Waals surface area contributed by atoms with Gasteiger partial charge in [-0.3, -0.25) is 4.55 Å². The van der Waals surface area contributed by atoms with Crippen molar-refractivity contribution in [3.63, 3.8) is 0 Å². The van der Waals surface area contributed by atoms with Gasteiger partial charge in [0.15, 0.2) is 0 Å². The molecule has 4 nitrogen and oxygen atoms in total. The zero-order chi connectivity index (χ0) is 7.11. The lowest BCUT2D eigenvalue weighted by atomic mass is 10.7. The van der Waals surface area contributed by atoms with E-state index in [0.29, 0.717) is 19.8 Å². The summed E-state index contributed by atoms with van der Waals surface area (Å²) < 4.78 is 25.2. The summed E-state index contributed by atoms with van der Waals surface area (Å²) in [6, 6.07) is 0. The summed E-state index contributed by atoms with van der Waals surface area (Å²) in [7, 11) is 0. The SMILES string of the molecule is CCOCCNS(=O)O. The Morgan fingerprint density at radius 2 is 2.44 bits per heavy atom. The molecule has 0 bridgehead atoms. The normalized spacial score (nSPS) is 13.6. The number of hydrogen-bond acceptors (Lipinski definition) is 2. The maximum absolute atomic E-state index is 9.91. The predicted molar refractivity (Wildman–Crippen MR) is 35.3 cm³/mol. The summed E-state index contributed by atoms with van der Waals surface area (Å²) in [6.45, 7) is 3.40. The molecule has 0 aromatic heterocycles. The first-order valence-corrected chi connectivity index (χ1v) is 3.80. The Kier molecular flexibility index (Phi) is 6.18. The van der Waals surface area contributed by atoms with E-state index in [1.54, 1.807) is 0 Å². The second-order valence-electron chi connectivity index (χ2n) is 1.34. The van der Waals surface area contributed by atoms with Crippen molar-refractivity contribution in [2.45, 2.75) is 6.92 Å². The lowest BCUT2D eigenvalue weighted by Gasteiger charge is -1.98. The molecular weight excluding hydrogens is 142 g/mol. The van der Waals surface area contributed by atoms with Gasteiger partial charge in [0.1, 0.15) is 0 Å². The van der Waals surface area contributed by atoms with Crippen LogP contribution in [0.4, 0.5) is 0 Å². The van der Waals surface area contributed by atoms with Crippen molar-refractivity contribution >= 4 is 11.3 Å². The van der Waals surface area contributed by atoms with Gasteiger partial charge in [-0.1, -0.05) is 0 Å². The number of rotatable bonds is 5. The van der Waals surface area contributed by atoms with Gasteiger partial charge in [0.25, 0.3) is 0 Å². The fourth-order valence-electron chi connectivity index (χ4n) is 0.345. The molecule has 0 saturated heterocycles. The van der Waals surface area contributed by atoms with Crippen molar-refractivity contribution in [3.8, 4) is 0 Å². The van der Waals surface area contributed by atoms with E-state index in [-0.39, 0.29) is 0 Å². The van der Waals surface area contributed by atoms with Crippen LogP contribution in [0.15, 0.2) is 0 Å². The van der Waals surface area contributed by atoms with Gasteiger partial charge in [-0.15, -0.1) is 0 Å². The lowest BCUT2D eigenvalue weighted by Crippen LogP contribution is -2.21. The summed E-state index contributed by atoms with van der Waals surface area (Å²) in [4.78, 5) is 0. The molecule has 0 aromatic carbocycles. The van der Waals surface area contributed by atoms with Crippen LogP contribution in [0.2, 0.25) is 0 Å². The van der Waals surface area contributed by atoms with Crippen LogP contribution in [0.5, 0.6) is 0 Å². The van der Waals surface area contributed by atoms with E-state index in [2.05, 4.69) is 4.72 Å². The first kappa shape index (κ1) is 9.03. The van der Waals surface area contributed by atoms with Crippen LogP contribution in [0, 0.1) is 0 Å². The van der Waals surface area contributed by atoms with E-state index in [9.17, 15) is 4.21 Å². The summed E-state index contributed by atoms with van der Waals surface area (Å²) in [6.07, 6.45) is 0. The highest BCUT2D eigenvalue weighted by Crippen LogP contribution is 1.70. The molecule has 1 atom stereocenters. The fourth-order valence-corrected chi connectivity index (χ4v) is 0.603. The molecule has 0 amide bonds. The number of ether oxygens (including phenoxy) is 1. The second-order valence-corrected chi connectivity index (χ2v) is 2.13. The van der Waals surface area contributed by atoms with Crippen LogP contribution in [-0.2, 0) is 16.0 Å². The Morgan fingerprint density at radius 3 is 2.89 bits per heavy atom. The van der Waals surface area contributed by atoms with E-state index in [1.165, 1.54) is 0 Å².